The highest BCUT2D eigenvalue weighted by Crippen LogP contribution is 2.39. The molecule has 2 heterocycles. The van der Waals surface area contributed by atoms with E-state index in [1.54, 1.807) is 19.1 Å². The van der Waals surface area contributed by atoms with E-state index in [0.29, 0.717) is 48.7 Å². The van der Waals surface area contributed by atoms with Gasteiger partial charge in [0.1, 0.15) is 6.54 Å². The van der Waals surface area contributed by atoms with Crippen LogP contribution in [-0.2, 0) is 28.9 Å². The third kappa shape index (κ3) is 4.63. The van der Waals surface area contributed by atoms with Crippen molar-refractivity contribution in [3.05, 3.63) is 35.3 Å². The van der Waals surface area contributed by atoms with Crippen molar-refractivity contribution in [2.45, 2.75) is 59.2 Å². The fourth-order valence-electron chi connectivity index (χ4n) is 4.12. The molecule has 2 aromatic rings. The maximum Gasteiger partial charge on any atom is 0.408 e. The summed E-state index contributed by atoms with van der Waals surface area (Å²) in [4.78, 5) is 16.3. The van der Waals surface area contributed by atoms with E-state index in [1.807, 2.05) is 19.9 Å². The number of halogens is 3. The minimum Gasteiger partial charge on any atom is -0.466 e. The van der Waals surface area contributed by atoms with Crippen LogP contribution in [0.1, 0.15) is 50.7 Å². The number of esters is 1. The fourth-order valence-corrected chi connectivity index (χ4v) is 4.12. The zero-order chi connectivity index (χ0) is 23.1. The molecule has 172 valence electrons. The first-order valence-electron chi connectivity index (χ1n) is 10.6. The molecule has 10 heteroatoms. The Balaban J connectivity index is 1.61. The summed E-state index contributed by atoms with van der Waals surface area (Å²) in [6.45, 7) is 4.99. The average molecular weight is 450 g/mol. The summed E-state index contributed by atoms with van der Waals surface area (Å²) in [5, 5.41) is 8.22. The zero-order valence-electron chi connectivity index (χ0n) is 18.2. The maximum atomic E-state index is 13.1. The highest BCUT2D eigenvalue weighted by Gasteiger charge is 2.37. The number of fused-ring (bicyclic) bond motifs is 1. The Morgan fingerprint density at radius 1 is 1.38 bits per heavy atom. The van der Waals surface area contributed by atoms with E-state index in [9.17, 15) is 18.0 Å². The normalized spacial score (nSPS) is 20.1. The fraction of sp³-hybridized carbons (Fsp3) is 0.545. The first-order valence-corrected chi connectivity index (χ1v) is 10.6. The van der Waals surface area contributed by atoms with Gasteiger partial charge >= 0.3 is 12.1 Å². The van der Waals surface area contributed by atoms with E-state index in [0.717, 1.165) is 16.7 Å². The Labute approximate surface area is 183 Å². The third-order valence-corrected chi connectivity index (χ3v) is 5.77. The van der Waals surface area contributed by atoms with Crippen LogP contribution in [-0.4, -0.2) is 38.7 Å². The van der Waals surface area contributed by atoms with Gasteiger partial charge in [-0.25, -0.2) is 0 Å². The van der Waals surface area contributed by atoms with Crippen LogP contribution in [0.4, 0.5) is 13.2 Å². The molecule has 0 bridgehead atoms. The largest absolute Gasteiger partial charge is 0.466 e. The van der Waals surface area contributed by atoms with Gasteiger partial charge in [-0.3, -0.25) is 9.48 Å². The monoisotopic (exact) mass is 450 g/mol. The molecular formula is C22H25F3N4O3. The predicted molar refractivity (Wildman–Crippen MR) is 109 cm³/mol. The molecule has 4 rings (SSSR count). The number of allylic oxidation sites excluding steroid dienone is 3. The first kappa shape index (κ1) is 22.3. The van der Waals surface area contributed by atoms with Crippen molar-refractivity contribution in [2.24, 2.45) is 11.3 Å². The van der Waals surface area contributed by atoms with E-state index in [2.05, 4.69) is 15.2 Å². The maximum absolute atomic E-state index is 13.1. The minimum atomic E-state index is -4.38. The lowest BCUT2D eigenvalue weighted by Crippen LogP contribution is -2.27. The minimum absolute atomic E-state index is 0.0960. The molecule has 1 atom stereocenters. The highest BCUT2D eigenvalue weighted by molar-refractivity contribution is 5.79. The van der Waals surface area contributed by atoms with Crippen molar-refractivity contribution in [3.8, 4) is 11.6 Å². The second-order valence-electron chi connectivity index (χ2n) is 8.92. The molecule has 0 spiro atoms. The highest BCUT2D eigenvalue weighted by atomic mass is 19.4. The van der Waals surface area contributed by atoms with Crippen LogP contribution in [0.5, 0.6) is 0 Å². The zero-order valence-corrected chi connectivity index (χ0v) is 18.2. The van der Waals surface area contributed by atoms with Crippen molar-refractivity contribution in [1.29, 1.82) is 0 Å². The molecule has 0 N–H and O–H groups in total. The summed E-state index contributed by atoms with van der Waals surface area (Å²) < 4.78 is 50.9. The molecule has 0 fully saturated rings. The molecular weight excluding hydrogens is 425 g/mol. The Morgan fingerprint density at radius 3 is 2.81 bits per heavy atom. The summed E-state index contributed by atoms with van der Waals surface area (Å²) in [5.74, 6) is -0.261. The van der Waals surface area contributed by atoms with Gasteiger partial charge in [-0.05, 0) is 38.0 Å². The van der Waals surface area contributed by atoms with Crippen molar-refractivity contribution in [1.82, 2.24) is 19.9 Å². The lowest BCUT2D eigenvalue weighted by molar-refractivity contribution is -0.146. The second-order valence-corrected chi connectivity index (χ2v) is 8.92. The first-order chi connectivity index (χ1) is 15.1. The van der Waals surface area contributed by atoms with Gasteiger partial charge < -0.3 is 9.26 Å². The molecule has 1 unspecified atom stereocenters. The van der Waals surface area contributed by atoms with Crippen molar-refractivity contribution < 1.29 is 27.2 Å². The molecule has 0 saturated heterocycles. The number of rotatable bonds is 5. The Hall–Kier alpha value is -2.91. The lowest BCUT2D eigenvalue weighted by Gasteiger charge is -2.30. The molecule has 0 saturated carbocycles. The quantitative estimate of drug-likeness (QED) is 0.623. The summed E-state index contributed by atoms with van der Waals surface area (Å²) >= 11 is 0. The number of hydrogen-bond donors (Lipinski definition) is 0. The molecule has 2 aliphatic rings. The van der Waals surface area contributed by atoms with E-state index in [1.165, 1.54) is 0 Å². The molecule has 0 aromatic carbocycles. The number of aromatic nitrogens is 4. The Kier molecular flexibility index (Phi) is 5.72. The van der Waals surface area contributed by atoms with Crippen LogP contribution >= 0.6 is 0 Å². The van der Waals surface area contributed by atoms with Gasteiger partial charge in [-0.15, -0.1) is 0 Å². The molecule has 2 aromatic heterocycles. The Morgan fingerprint density at radius 2 is 2.16 bits per heavy atom. The molecule has 0 aliphatic heterocycles. The number of ether oxygens (including phenoxy) is 1. The second kappa shape index (κ2) is 8.22. The Bertz CT molecular complexity index is 1080. The summed E-state index contributed by atoms with van der Waals surface area (Å²) in [7, 11) is 0. The van der Waals surface area contributed by atoms with Gasteiger partial charge in [0.05, 0.1) is 12.5 Å². The number of alkyl halides is 3. The molecule has 7 nitrogen and oxygen atoms in total. The van der Waals surface area contributed by atoms with Gasteiger partial charge in [-0.2, -0.15) is 23.3 Å². The van der Waals surface area contributed by atoms with Gasteiger partial charge in [0.25, 0.3) is 5.89 Å². The number of carbonyl (C=O) groups is 1. The molecule has 0 amide bonds. The molecule has 32 heavy (non-hydrogen) atoms. The number of hydrogen-bond acceptors (Lipinski definition) is 6. The van der Waals surface area contributed by atoms with Crippen LogP contribution in [0.3, 0.4) is 0 Å². The summed E-state index contributed by atoms with van der Waals surface area (Å²) in [6, 6.07) is 0. The molecule has 0 radical (unpaired) electrons. The topological polar surface area (TPSA) is 83.0 Å². The van der Waals surface area contributed by atoms with E-state index < -0.39 is 12.7 Å². The molecule has 2 aliphatic carbocycles. The summed E-state index contributed by atoms with van der Waals surface area (Å²) in [5.41, 5.74) is 2.18. The van der Waals surface area contributed by atoms with Crippen molar-refractivity contribution in [2.75, 3.05) is 6.61 Å². The smallest absolute Gasteiger partial charge is 0.408 e. The van der Waals surface area contributed by atoms with E-state index in [4.69, 9.17) is 9.26 Å². The van der Waals surface area contributed by atoms with Gasteiger partial charge in [0, 0.05) is 16.8 Å². The van der Waals surface area contributed by atoms with Crippen LogP contribution < -0.4 is 0 Å². The van der Waals surface area contributed by atoms with Crippen LogP contribution in [0, 0.1) is 11.3 Å². The number of carbonyl (C=O) groups excluding carboxylic acids is 1. The van der Waals surface area contributed by atoms with Gasteiger partial charge in [-0.1, -0.05) is 37.2 Å². The summed E-state index contributed by atoms with van der Waals surface area (Å²) in [6.07, 6.45) is 3.24. The third-order valence-electron chi connectivity index (χ3n) is 5.77. The SMILES string of the molecule is CCOC(=O)C1C=CC(c2noc(-c3nn(CC(F)(F)F)c4c3CCC(C)(C)C4)n2)=CC1. The van der Waals surface area contributed by atoms with Crippen LogP contribution in [0.25, 0.3) is 17.2 Å². The lowest BCUT2D eigenvalue weighted by atomic mass is 9.76. The van der Waals surface area contributed by atoms with Crippen LogP contribution in [0.2, 0.25) is 0 Å². The van der Waals surface area contributed by atoms with Gasteiger partial charge in [0.15, 0.2) is 5.69 Å². The predicted octanol–water partition coefficient (Wildman–Crippen LogP) is 4.53. The van der Waals surface area contributed by atoms with Crippen molar-refractivity contribution >= 4 is 11.5 Å². The van der Waals surface area contributed by atoms with Crippen LogP contribution in [0.15, 0.2) is 22.8 Å². The average Bonchev–Trinajstić information content (AvgIpc) is 3.32. The van der Waals surface area contributed by atoms with E-state index >= 15 is 0 Å². The van der Waals surface area contributed by atoms with Gasteiger partial charge in [0.2, 0.25) is 5.82 Å². The van der Waals surface area contributed by atoms with Crippen molar-refractivity contribution in [3.63, 3.8) is 0 Å². The van der Waals surface area contributed by atoms with E-state index in [-0.39, 0.29) is 23.2 Å². The standard InChI is InChI=1S/C22H25F3N4O3/c1-4-31-20(30)14-7-5-13(6-8-14)18-26-19(32-28-18)17-15-9-10-21(2,3)11-16(15)29(27-17)12-22(23,24)25/h5-7,14H,4,8-12H2,1-3H3. The number of nitrogens with zero attached hydrogens (tertiary/aromatic N) is 4.